The maximum Gasteiger partial charge on any atom is 0.254 e. The summed E-state index contributed by atoms with van der Waals surface area (Å²) in [5.74, 6) is 0.666. The molecule has 8 heteroatoms. The Kier molecular flexibility index (Phi) is 4.95. The Labute approximate surface area is 191 Å². The van der Waals surface area contributed by atoms with Crippen molar-refractivity contribution in [3.8, 4) is 0 Å². The van der Waals surface area contributed by atoms with Crippen LogP contribution in [0.2, 0.25) is 0 Å². The number of ether oxygens (including phenoxy) is 1. The summed E-state index contributed by atoms with van der Waals surface area (Å²) in [7, 11) is 0. The van der Waals surface area contributed by atoms with Crippen LogP contribution < -0.4 is 10.5 Å². The van der Waals surface area contributed by atoms with Crippen LogP contribution in [0.4, 0.5) is 5.69 Å². The van der Waals surface area contributed by atoms with E-state index < -0.39 is 6.04 Å². The van der Waals surface area contributed by atoms with Crippen LogP contribution in [0.15, 0.2) is 53.3 Å². The number of tetrazole rings is 1. The first-order chi connectivity index (χ1) is 16.2. The molecule has 168 valence electrons. The molecule has 2 atom stereocenters. The monoisotopic (exact) mass is 442 g/mol. The highest BCUT2D eigenvalue weighted by Gasteiger charge is 2.35. The lowest BCUT2D eigenvalue weighted by Gasteiger charge is -2.29. The van der Waals surface area contributed by atoms with Crippen molar-refractivity contribution in [3.63, 3.8) is 0 Å². The largest absolute Gasteiger partial charge is 0.376 e. The number of rotatable bonds is 5. The van der Waals surface area contributed by atoms with Gasteiger partial charge in [-0.15, -0.1) is 5.10 Å². The van der Waals surface area contributed by atoms with Crippen molar-refractivity contribution in [3.05, 3.63) is 81.4 Å². The van der Waals surface area contributed by atoms with Gasteiger partial charge in [0.2, 0.25) is 0 Å². The summed E-state index contributed by atoms with van der Waals surface area (Å²) in [4.78, 5) is 18.8. The van der Waals surface area contributed by atoms with Gasteiger partial charge in [-0.3, -0.25) is 4.79 Å². The minimum Gasteiger partial charge on any atom is -0.376 e. The Morgan fingerprint density at radius 1 is 1.21 bits per heavy atom. The number of pyridine rings is 1. The number of aromatic nitrogens is 5. The summed E-state index contributed by atoms with van der Waals surface area (Å²) >= 11 is 0. The number of benzene rings is 2. The van der Waals surface area contributed by atoms with Crippen LogP contribution in [0.5, 0.6) is 0 Å². The van der Waals surface area contributed by atoms with E-state index in [0.717, 1.165) is 54.6 Å². The van der Waals surface area contributed by atoms with Crippen LogP contribution in [-0.4, -0.2) is 44.4 Å². The van der Waals surface area contributed by atoms with Gasteiger partial charge in [0.25, 0.3) is 5.56 Å². The zero-order valence-corrected chi connectivity index (χ0v) is 18.6. The van der Waals surface area contributed by atoms with E-state index in [1.165, 1.54) is 5.56 Å². The van der Waals surface area contributed by atoms with Gasteiger partial charge in [0.15, 0.2) is 5.82 Å². The fourth-order valence-corrected chi connectivity index (χ4v) is 5.20. The number of para-hydroxylation sites is 2. The maximum absolute atomic E-state index is 13.5. The zero-order chi connectivity index (χ0) is 22.4. The van der Waals surface area contributed by atoms with Crippen molar-refractivity contribution in [2.75, 3.05) is 18.1 Å². The van der Waals surface area contributed by atoms with Gasteiger partial charge in [0, 0.05) is 24.4 Å². The summed E-state index contributed by atoms with van der Waals surface area (Å²) in [6.45, 7) is 4.16. The first-order valence-electron chi connectivity index (χ1n) is 11.5. The third kappa shape index (κ3) is 3.51. The molecule has 2 aliphatic rings. The second-order valence-electron chi connectivity index (χ2n) is 8.92. The molecule has 0 bridgehead atoms. The fraction of sp³-hybridized carbons (Fsp3) is 0.360. The van der Waals surface area contributed by atoms with Crippen LogP contribution in [0.25, 0.3) is 10.9 Å². The van der Waals surface area contributed by atoms with Gasteiger partial charge in [-0.05, 0) is 65.3 Å². The van der Waals surface area contributed by atoms with Crippen LogP contribution >= 0.6 is 0 Å². The Balaban J connectivity index is 1.52. The molecule has 2 aromatic heterocycles. The number of nitrogens with one attached hydrogen (secondary N) is 1. The molecule has 0 amide bonds. The number of hydrogen-bond acceptors (Lipinski definition) is 6. The predicted octanol–water partition coefficient (Wildman–Crippen LogP) is 3.15. The Morgan fingerprint density at radius 3 is 3.00 bits per heavy atom. The van der Waals surface area contributed by atoms with Crippen LogP contribution in [0, 0.1) is 6.92 Å². The molecule has 1 saturated heterocycles. The smallest absolute Gasteiger partial charge is 0.254 e. The summed E-state index contributed by atoms with van der Waals surface area (Å²) in [6.07, 6.45) is 3.06. The number of hydrogen-bond donors (Lipinski definition) is 1. The second kappa shape index (κ2) is 8.12. The summed E-state index contributed by atoms with van der Waals surface area (Å²) < 4.78 is 7.67. The van der Waals surface area contributed by atoms with Gasteiger partial charge in [0.05, 0.1) is 18.2 Å². The lowest BCUT2D eigenvalue weighted by Crippen LogP contribution is -2.35. The normalized spacial score (nSPS) is 18.7. The van der Waals surface area contributed by atoms with E-state index in [4.69, 9.17) is 4.74 Å². The summed E-state index contributed by atoms with van der Waals surface area (Å²) in [6, 6.07) is 16.0. The fourth-order valence-electron chi connectivity index (χ4n) is 5.20. The molecule has 0 radical (unpaired) electrons. The maximum atomic E-state index is 13.5. The minimum atomic E-state index is -0.404. The van der Waals surface area contributed by atoms with Gasteiger partial charge < -0.3 is 14.6 Å². The average Bonchev–Trinajstić information content (AvgIpc) is 3.58. The van der Waals surface area contributed by atoms with Crippen LogP contribution in [-0.2, 0) is 17.7 Å². The van der Waals surface area contributed by atoms with Crippen molar-refractivity contribution in [2.24, 2.45) is 0 Å². The highest BCUT2D eigenvalue weighted by Crippen LogP contribution is 2.37. The number of fused-ring (bicyclic) bond motifs is 2. The quantitative estimate of drug-likeness (QED) is 0.511. The molecule has 0 spiro atoms. The Bertz CT molecular complexity index is 1370. The molecule has 2 aromatic carbocycles. The van der Waals surface area contributed by atoms with Crippen molar-refractivity contribution >= 4 is 16.6 Å². The molecule has 0 saturated carbocycles. The standard InChI is InChI=1S/C25H26N6O2/c1-16-6-4-8-18-14-20(25(32)26-22(16)18)23(30-12-11-17-7-2-3-10-21(17)30)24-27-28-29-31(24)15-19-9-5-13-33-19/h2-4,6-8,10,14,19,23H,5,9,11-13,15H2,1H3,(H,26,32). The molecule has 8 nitrogen and oxygen atoms in total. The van der Waals surface area contributed by atoms with Gasteiger partial charge in [0.1, 0.15) is 6.04 Å². The van der Waals surface area contributed by atoms with Gasteiger partial charge in [-0.2, -0.15) is 0 Å². The van der Waals surface area contributed by atoms with Crippen molar-refractivity contribution < 1.29 is 4.74 Å². The van der Waals surface area contributed by atoms with E-state index in [1.54, 1.807) is 0 Å². The number of anilines is 1. The van der Waals surface area contributed by atoms with E-state index in [0.29, 0.717) is 17.9 Å². The summed E-state index contributed by atoms with van der Waals surface area (Å²) in [5.41, 5.74) is 4.84. The first-order valence-corrected chi connectivity index (χ1v) is 11.5. The van der Waals surface area contributed by atoms with Crippen molar-refractivity contribution in [2.45, 2.75) is 44.9 Å². The molecule has 2 unspecified atom stereocenters. The molecular formula is C25H26N6O2. The van der Waals surface area contributed by atoms with E-state index in [-0.39, 0.29) is 11.7 Å². The molecule has 1 fully saturated rings. The highest BCUT2D eigenvalue weighted by molar-refractivity contribution is 5.82. The zero-order valence-electron chi connectivity index (χ0n) is 18.6. The number of H-pyrrole nitrogens is 1. The SMILES string of the molecule is Cc1cccc2cc(C(c3nnnn3CC3CCCO3)N3CCc4ccccc43)c(=O)[nH]c12. The molecule has 4 aromatic rings. The van der Waals surface area contributed by atoms with E-state index >= 15 is 0 Å². The number of aryl methyl sites for hydroxylation is 1. The molecule has 6 rings (SSSR count). The van der Waals surface area contributed by atoms with Crippen LogP contribution in [0.1, 0.15) is 41.4 Å². The molecule has 1 N–H and O–H groups in total. The van der Waals surface area contributed by atoms with Gasteiger partial charge in [-0.25, -0.2) is 4.68 Å². The average molecular weight is 443 g/mol. The molecular weight excluding hydrogens is 416 g/mol. The second-order valence-corrected chi connectivity index (χ2v) is 8.92. The van der Waals surface area contributed by atoms with E-state index in [9.17, 15) is 4.79 Å². The predicted molar refractivity (Wildman–Crippen MR) is 125 cm³/mol. The third-order valence-corrected chi connectivity index (χ3v) is 6.85. The minimum absolute atomic E-state index is 0.0938. The summed E-state index contributed by atoms with van der Waals surface area (Å²) in [5, 5.41) is 13.8. The Hall–Kier alpha value is -3.52. The van der Waals surface area contributed by atoms with Crippen molar-refractivity contribution in [1.29, 1.82) is 0 Å². The van der Waals surface area contributed by atoms with Crippen molar-refractivity contribution in [1.82, 2.24) is 25.2 Å². The highest BCUT2D eigenvalue weighted by atomic mass is 16.5. The van der Waals surface area contributed by atoms with Gasteiger partial charge in [-0.1, -0.05) is 36.4 Å². The topological polar surface area (TPSA) is 88.9 Å². The molecule has 33 heavy (non-hydrogen) atoms. The molecule has 4 heterocycles. The van der Waals surface area contributed by atoms with E-state index in [2.05, 4.69) is 43.6 Å². The van der Waals surface area contributed by atoms with Gasteiger partial charge >= 0.3 is 0 Å². The number of nitrogens with zero attached hydrogens (tertiary/aromatic N) is 5. The number of aromatic amines is 1. The lowest BCUT2D eigenvalue weighted by molar-refractivity contribution is 0.0924. The van der Waals surface area contributed by atoms with Crippen LogP contribution in [0.3, 0.4) is 0 Å². The molecule has 2 aliphatic heterocycles. The van der Waals surface area contributed by atoms with E-state index in [1.807, 2.05) is 41.9 Å². The first kappa shape index (κ1) is 20.1. The molecule has 0 aliphatic carbocycles. The lowest BCUT2D eigenvalue weighted by atomic mass is 10.0. The third-order valence-electron chi connectivity index (χ3n) is 6.85. The Morgan fingerprint density at radius 2 is 2.12 bits per heavy atom.